The Bertz CT molecular complexity index is 391. The molecule has 1 heterocycles. The van der Waals surface area contributed by atoms with E-state index in [4.69, 9.17) is 0 Å². The molecule has 166 valence electrons. The molecule has 1 saturated heterocycles. The Morgan fingerprint density at radius 3 is 2.00 bits per heavy atom. The van der Waals surface area contributed by atoms with Crippen LogP contribution >= 0.6 is 0 Å². The van der Waals surface area contributed by atoms with Gasteiger partial charge in [0.15, 0.2) is 0 Å². The summed E-state index contributed by atoms with van der Waals surface area (Å²) in [4.78, 5) is 28.1. The Morgan fingerprint density at radius 1 is 0.857 bits per heavy atom. The van der Waals surface area contributed by atoms with Crippen molar-refractivity contribution in [3.05, 3.63) is 0 Å². The average molecular weight is 398 g/mol. The Morgan fingerprint density at radius 2 is 1.43 bits per heavy atom. The number of carbonyl (C=O) groups excluding carboxylic acids is 2. The topological polar surface area (TPSA) is 52.7 Å². The van der Waals surface area contributed by atoms with Crippen molar-refractivity contribution in [3.63, 3.8) is 0 Å². The second kappa shape index (κ2) is 18.1. The summed E-state index contributed by atoms with van der Waals surface area (Å²) < 4.78 is 0. The molecular formula is C23H47N3O2. The second-order valence-corrected chi connectivity index (χ2v) is 7.84. The van der Waals surface area contributed by atoms with Crippen LogP contribution in [-0.4, -0.2) is 66.8 Å². The maximum absolute atomic E-state index is 12.3. The third-order valence-corrected chi connectivity index (χ3v) is 5.17. The Hall–Kier alpha value is -0.940. The van der Waals surface area contributed by atoms with Gasteiger partial charge < -0.3 is 10.2 Å². The molecule has 0 aromatic rings. The fraction of sp³-hybridized carbons (Fsp3) is 0.913. The number of Topliss-reactive ketones (excluding diaryl/α,β-unsaturated/α-hetero) is 1. The molecule has 1 amide bonds. The molecule has 1 rings (SSSR count). The molecule has 0 bridgehead atoms. The van der Waals surface area contributed by atoms with E-state index in [9.17, 15) is 9.59 Å². The molecule has 0 atom stereocenters. The lowest BCUT2D eigenvalue weighted by Crippen LogP contribution is -2.49. The third kappa shape index (κ3) is 14.1. The van der Waals surface area contributed by atoms with Crippen molar-refractivity contribution in [1.82, 2.24) is 15.1 Å². The Kier molecular flexibility index (Phi) is 17.5. The largest absolute Gasteiger partial charge is 0.340 e. The van der Waals surface area contributed by atoms with Crippen molar-refractivity contribution in [2.24, 2.45) is 0 Å². The third-order valence-electron chi connectivity index (χ3n) is 5.17. The lowest BCUT2D eigenvalue weighted by molar-refractivity contribution is -0.133. The lowest BCUT2D eigenvalue weighted by Gasteiger charge is -2.35. The minimum Gasteiger partial charge on any atom is -0.340 e. The first kappa shape index (κ1) is 27.1. The summed E-state index contributed by atoms with van der Waals surface area (Å²) in [6.07, 6.45) is 8.62. The molecular weight excluding hydrogens is 350 g/mol. The quantitative estimate of drug-likeness (QED) is 0.445. The van der Waals surface area contributed by atoms with Crippen LogP contribution in [0.1, 0.15) is 92.4 Å². The first-order chi connectivity index (χ1) is 13.5. The molecule has 28 heavy (non-hydrogen) atoms. The molecule has 0 aliphatic carbocycles. The molecule has 0 aromatic heterocycles. The number of carbonyl (C=O) groups is 2. The zero-order chi connectivity index (χ0) is 21.2. The highest BCUT2D eigenvalue weighted by Gasteiger charge is 2.20. The minimum absolute atomic E-state index is 0.326. The number of rotatable bonds is 14. The first-order valence-corrected chi connectivity index (χ1v) is 11.8. The van der Waals surface area contributed by atoms with Gasteiger partial charge in [-0.05, 0) is 32.4 Å². The summed E-state index contributed by atoms with van der Waals surface area (Å²) in [5, 5.41) is 3.45. The van der Waals surface area contributed by atoms with Crippen molar-refractivity contribution in [2.75, 3.05) is 39.3 Å². The van der Waals surface area contributed by atoms with E-state index in [0.29, 0.717) is 30.6 Å². The molecule has 0 spiro atoms. The number of ketones is 1. The fourth-order valence-corrected chi connectivity index (χ4v) is 3.38. The molecule has 5 nitrogen and oxygen atoms in total. The summed E-state index contributed by atoms with van der Waals surface area (Å²) in [7, 11) is 0. The SMILES string of the molecule is CC.CCC(=O)CCCCCCCC(=O)N1CCN(CCCNC(C)C)CC1. The maximum Gasteiger partial charge on any atom is 0.222 e. The molecule has 0 saturated carbocycles. The normalized spacial score (nSPS) is 14.7. The van der Waals surface area contributed by atoms with Crippen molar-refractivity contribution >= 4 is 11.7 Å². The lowest BCUT2D eigenvalue weighted by atomic mass is 10.1. The van der Waals surface area contributed by atoms with Gasteiger partial charge in [-0.25, -0.2) is 0 Å². The van der Waals surface area contributed by atoms with Crippen LogP contribution in [-0.2, 0) is 9.59 Å². The summed E-state index contributed by atoms with van der Waals surface area (Å²) in [5.41, 5.74) is 0. The number of hydrogen-bond donors (Lipinski definition) is 1. The summed E-state index contributed by atoms with van der Waals surface area (Å²) in [5.74, 6) is 0.697. The van der Waals surface area contributed by atoms with Crippen molar-refractivity contribution in [3.8, 4) is 0 Å². The van der Waals surface area contributed by atoms with Crippen LogP contribution in [0.2, 0.25) is 0 Å². The zero-order valence-electron chi connectivity index (χ0n) is 19.4. The van der Waals surface area contributed by atoms with Crippen LogP contribution in [0.3, 0.4) is 0 Å². The van der Waals surface area contributed by atoms with Gasteiger partial charge in [-0.2, -0.15) is 0 Å². The summed E-state index contributed by atoms with van der Waals surface area (Å²) in [6, 6.07) is 0.559. The number of nitrogens with one attached hydrogen (secondary N) is 1. The van der Waals surface area contributed by atoms with Crippen LogP contribution in [0.4, 0.5) is 0 Å². The smallest absolute Gasteiger partial charge is 0.222 e. The van der Waals surface area contributed by atoms with Crippen molar-refractivity contribution < 1.29 is 9.59 Å². The molecule has 1 aliphatic heterocycles. The van der Waals surface area contributed by atoms with Crippen LogP contribution in [0.15, 0.2) is 0 Å². The van der Waals surface area contributed by atoms with Crippen LogP contribution < -0.4 is 5.32 Å². The number of piperazine rings is 1. The van der Waals surface area contributed by atoms with E-state index in [2.05, 4.69) is 24.1 Å². The van der Waals surface area contributed by atoms with E-state index >= 15 is 0 Å². The van der Waals surface area contributed by atoms with E-state index in [1.54, 1.807) is 0 Å². The van der Waals surface area contributed by atoms with Crippen LogP contribution in [0.25, 0.3) is 0 Å². The van der Waals surface area contributed by atoms with Crippen molar-refractivity contribution in [2.45, 2.75) is 98.4 Å². The van der Waals surface area contributed by atoms with Crippen molar-refractivity contribution in [1.29, 1.82) is 0 Å². The summed E-state index contributed by atoms with van der Waals surface area (Å²) >= 11 is 0. The number of hydrogen-bond acceptors (Lipinski definition) is 4. The van der Waals surface area contributed by atoms with E-state index in [-0.39, 0.29) is 0 Å². The average Bonchev–Trinajstić information content (AvgIpc) is 2.71. The molecule has 0 unspecified atom stereocenters. The number of unbranched alkanes of at least 4 members (excludes halogenated alkanes) is 4. The minimum atomic E-state index is 0.326. The maximum atomic E-state index is 12.3. The van der Waals surface area contributed by atoms with Gasteiger partial charge in [-0.1, -0.05) is 53.9 Å². The van der Waals surface area contributed by atoms with Gasteiger partial charge in [-0.3, -0.25) is 14.5 Å². The van der Waals surface area contributed by atoms with Gasteiger partial charge in [0.05, 0.1) is 0 Å². The van der Waals surface area contributed by atoms with Gasteiger partial charge in [0.25, 0.3) is 0 Å². The van der Waals surface area contributed by atoms with Gasteiger partial charge in [0.2, 0.25) is 5.91 Å². The van der Waals surface area contributed by atoms with E-state index in [1.165, 1.54) is 6.42 Å². The van der Waals surface area contributed by atoms with Gasteiger partial charge in [0, 0.05) is 51.5 Å². The van der Waals surface area contributed by atoms with E-state index in [1.807, 2.05) is 25.7 Å². The van der Waals surface area contributed by atoms with E-state index in [0.717, 1.165) is 77.8 Å². The second-order valence-electron chi connectivity index (χ2n) is 7.84. The molecule has 0 radical (unpaired) electrons. The van der Waals surface area contributed by atoms with E-state index < -0.39 is 0 Å². The Labute approximate surface area is 174 Å². The predicted molar refractivity (Wildman–Crippen MR) is 120 cm³/mol. The fourth-order valence-electron chi connectivity index (χ4n) is 3.38. The molecule has 1 N–H and O–H groups in total. The van der Waals surface area contributed by atoms with Crippen LogP contribution in [0, 0.1) is 0 Å². The predicted octanol–water partition coefficient (Wildman–Crippen LogP) is 4.25. The highest BCUT2D eigenvalue weighted by Crippen LogP contribution is 2.11. The first-order valence-electron chi connectivity index (χ1n) is 11.8. The van der Waals surface area contributed by atoms with Gasteiger partial charge in [0.1, 0.15) is 5.78 Å². The van der Waals surface area contributed by atoms with Gasteiger partial charge in [-0.15, -0.1) is 0 Å². The highest BCUT2D eigenvalue weighted by atomic mass is 16.2. The molecule has 1 fully saturated rings. The monoisotopic (exact) mass is 397 g/mol. The van der Waals surface area contributed by atoms with Gasteiger partial charge >= 0.3 is 0 Å². The Balaban J connectivity index is 0.00000352. The standard InChI is InChI=1S/C21H41N3O2.C2H6/c1-4-20(25)11-8-6-5-7-9-12-21(26)24-17-15-23(16-18-24)14-10-13-22-19(2)3;1-2/h19,22H,4-18H2,1-3H3;1-2H3. The number of nitrogens with zero attached hydrogens (tertiary/aromatic N) is 2. The molecule has 1 aliphatic rings. The number of amides is 1. The molecule has 5 heteroatoms. The zero-order valence-corrected chi connectivity index (χ0v) is 19.4. The summed E-state index contributed by atoms with van der Waals surface area (Å²) in [6.45, 7) is 16.3. The highest BCUT2D eigenvalue weighted by molar-refractivity contribution is 5.77. The molecule has 0 aromatic carbocycles. The van der Waals surface area contributed by atoms with Crippen LogP contribution in [0.5, 0.6) is 0 Å².